The number of benzene rings is 2. The molecule has 1 aliphatic heterocycles. The summed E-state index contributed by atoms with van der Waals surface area (Å²) in [6, 6.07) is 14.0. The minimum Gasteiger partial charge on any atom is -0.378 e. The fraction of sp³-hybridized carbons (Fsp3) is 0.174. The van der Waals surface area contributed by atoms with Gasteiger partial charge in [0.05, 0.1) is 24.6 Å². The summed E-state index contributed by atoms with van der Waals surface area (Å²) in [6.45, 7) is 5.90. The third-order valence-electron chi connectivity index (χ3n) is 4.82. The highest BCUT2D eigenvalue weighted by molar-refractivity contribution is 5.99. The van der Waals surface area contributed by atoms with Crippen LogP contribution in [0.1, 0.15) is 0 Å². The van der Waals surface area contributed by atoms with Crippen molar-refractivity contribution in [2.24, 2.45) is 0 Å². The Balaban J connectivity index is 1.55. The average molecular weight is 419 g/mol. The molecular weight excluding hydrogens is 397 g/mol. The number of nitrogens with one attached hydrogen (secondary N) is 2. The van der Waals surface area contributed by atoms with Crippen LogP contribution in [0.15, 0.2) is 67.4 Å². The molecule has 0 spiro atoms. The zero-order chi connectivity index (χ0) is 21.6. The summed E-state index contributed by atoms with van der Waals surface area (Å²) in [5, 5.41) is 5.88. The van der Waals surface area contributed by atoms with E-state index in [9.17, 15) is 9.18 Å². The van der Waals surface area contributed by atoms with Gasteiger partial charge in [-0.3, -0.25) is 4.79 Å². The van der Waals surface area contributed by atoms with E-state index in [1.54, 1.807) is 30.5 Å². The van der Waals surface area contributed by atoms with Crippen LogP contribution in [0.25, 0.3) is 11.3 Å². The number of nitrogens with zero attached hydrogens (tertiary/aromatic N) is 3. The first-order chi connectivity index (χ1) is 15.1. The molecule has 0 bridgehead atoms. The van der Waals surface area contributed by atoms with Gasteiger partial charge in [-0.1, -0.05) is 18.7 Å². The number of halogens is 1. The Morgan fingerprint density at radius 1 is 1.13 bits per heavy atom. The van der Waals surface area contributed by atoms with Gasteiger partial charge < -0.3 is 20.3 Å². The molecule has 1 fully saturated rings. The smallest absolute Gasteiger partial charge is 0.247 e. The first-order valence-electron chi connectivity index (χ1n) is 9.88. The number of carbonyl (C=O) groups excluding carboxylic acids is 1. The predicted molar refractivity (Wildman–Crippen MR) is 119 cm³/mol. The number of carbonyl (C=O) groups is 1. The molecule has 4 rings (SSSR count). The summed E-state index contributed by atoms with van der Waals surface area (Å²) in [5.74, 6) is -0.173. The number of hydrogen-bond acceptors (Lipinski definition) is 6. The molecule has 31 heavy (non-hydrogen) atoms. The number of anilines is 4. The molecule has 0 saturated carbocycles. The zero-order valence-electron chi connectivity index (χ0n) is 16.8. The third-order valence-corrected chi connectivity index (χ3v) is 4.82. The van der Waals surface area contributed by atoms with Crippen LogP contribution in [0.5, 0.6) is 0 Å². The second-order valence-electron chi connectivity index (χ2n) is 6.93. The van der Waals surface area contributed by atoms with Gasteiger partial charge in [0.2, 0.25) is 11.9 Å². The van der Waals surface area contributed by atoms with E-state index in [-0.39, 0.29) is 11.7 Å². The summed E-state index contributed by atoms with van der Waals surface area (Å²) in [5.41, 5.74) is 3.36. The minimum atomic E-state index is -0.283. The van der Waals surface area contributed by atoms with E-state index in [1.165, 1.54) is 12.1 Å². The zero-order valence-corrected chi connectivity index (χ0v) is 16.8. The Hall–Kier alpha value is -3.78. The Morgan fingerprint density at radius 2 is 1.97 bits per heavy atom. The number of morpholine rings is 1. The Morgan fingerprint density at radius 3 is 2.77 bits per heavy atom. The van der Waals surface area contributed by atoms with E-state index in [0.717, 1.165) is 5.56 Å². The van der Waals surface area contributed by atoms with Crippen molar-refractivity contribution in [1.82, 2.24) is 9.97 Å². The number of aromatic nitrogens is 2. The highest BCUT2D eigenvalue weighted by atomic mass is 19.1. The fourth-order valence-corrected chi connectivity index (χ4v) is 3.30. The highest BCUT2D eigenvalue weighted by Gasteiger charge is 2.16. The molecule has 1 saturated heterocycles. The molecule has 2 N–H and O–H groups in total. The molecule has 0 atom stereocenters. The van der Waals surface area contributed by atoms with Crippen molar-refractivity contribution >= 4 is 28.9 Å². The maximum absolute atomic E-state index is 14.4. The summed E-state index contributed by atoms with van der Waals surface area (Å²) >= 11 is 0. The summed E-state index contributed by atoms with van der Waals surface area (Å²) < 4.78 is 19.7. The average Bonchev–Trinajstić information content (AvgIpc) is 2.81. The lowest BCUT2D eigenvalue weighted by molar-refractivity contribution is -0.111. The van der Waals surface area contributed by atoms with Crippen LogP contribution in [0.2, 0.25) is 0 Å². The number of rotatable bonds is 6. The summed E-state index contributed by atoms with van der Waals surface area (Å²) in [6.07, 6.45) is 2.86. The standard InChI is InChI=1S/C23H22FN5O2/c1-2-22(30)26-17-5-3-4-16(14-17)20-8-9-25-23(28-20)27-18-6-7-19(24)21(15-18)29-10-12-31-13-11-29/h2-9,14-15H,1,10-13H2,(H,26,30)(H,25,27,28). The van der Waals surface area contributed by atoms with Gasteiger partial charge in [0, 0.05) is 36.2 Å². The molecule has 8 heteroatoms. The van der Waals surface area contributed by atoms with Gasteiger partial charge in [-0.05, 0) is 42.5 Å². The van der Waals surface area contributed by atoms with Crippen LogP contribution < -0.4 is 15.5 Å². The third kappa shape index (κ3) is 5.04. The minimum absolute atomic E-state index is 0.277. The second-order valence-corrected chi connectivity index (χ2v) is 6.93. The van der Waals surface area contributed by atoms with Crippen molar-refractivity contribution in [3.63, 3.8) is 0 Å². The van der Waals surface area contributed by atoms with Crippen molar-refractivity contribution in [2.45, 2.75) is 0 Å². The Labute approximate surface area is 179 Å². The molecule has 1 amide bonds. The molecule has 0 aliphatic carbocycles. The molecule has 3 aromatic rings. The van der Waals surface area contributed by atoms with Crippen molar-refractivity contribution in [2.75, 3.05) is 41.8 Å². The molecule has 2 aromatic carbocycles. The van der Waals surface area contributed by atoms with Gasteiger partial charge in [-0.25, -0.2) is 14.4 Å². The molecule has 1 aromatic heterocycles. The molecule has 0 unspecified atom stereocenters. The van der Waals surface area contributed by atoms with Gasteiger partial charge in [0.15, 0.2) is 0 Å². The molecule has 158 valence electrons. The maximum atomic E-state index is 14.4. The van der Waals surface area contributed by atoms with Crippen LogP contribution >= 0.6 is 0 Å². The van der Waals surface area contributed by atoms with Gasteiger partial charge in [0.1, 0.15) is 5.82 Å². The monoisotopic (exact) mass is 419 g/mol. The predicted octanol–water partition coefficient (Wildman–Crippen LogP) is 3.99. The lowest BCUT2D eigenvalue weighted by Crippen LogP contribution is -2.36. The van der Waals surface area contributed by atoms with E-state index in [0.29, 0.717) is 55.0 Å². The van der Waals surface area contributed by atoms with Crippen LogP contribution in [0, 0.1) is 5.82 Å². The topological polar surface area (TPSA) is 79.4 Å². The number of hydrogen-bond donors (Lipinski definition) is 2. The molecular formula is C23H22FN5O2. The van der Waals surface area contributed by atoms with E-state index in [4.69, 9.17) is 4.74 Å². The summed E-state index contributed by atoms with van der Waals surface area (Å²) in [4.78, 5) is 22.4. The largest absolute Gasteiger partial charge is 0.378 e. The number of amides is 1. The van der Waals surface area contributed by atoms with E-state index < -0.39 is 0 Å². The lowest BCUT2D eigenvalue weighted by Gasteiger charge is -2.29. The SMILES string of the molecule is C=CC(=O)Nc1cccc(-c2ccnc(Nc3ccc(F)c(N4CCOCC4)c3)n2)c1. The van der Waals surface area contributed by atoms with Crippen LogP contribution in [-0.2, 0) is 9.53 Å². The summed E-state index contributed by atoms with van der Waals surface area (Å²) in [7, 11) is 0. The fourth-order valence-electron chi connectivity index (χ4n) is 3.30. The van der Waals surface area contributed by atoms with E-state index >= 15 is 0 Å². The quantitative estimate of drug-likeness (QED) is 0.589. The van der Waals surface area contributed by atoms with E-state index in [1.807, 2.05) is 23.1 Å². The van der Waals surface area contributed by atoms with Crippen molar-refractivity contribution < 1.29 is 13.9 Å². The molecule has 0 radical (unpaired) electrons. The molecule has 1 aliphatic rings. The first kappa shape index (κ1) is 20.5. The second kappa shape index (κ2) is 9.36. The van der Waals surface area contributed by atoms with Crippen molar-refractivity contribution in [1.29, 1.82) is 0 Å². The Bertz CT molecular complexity index is 1100. The van der Waals surface area contributed by atoms with Crippen LogP contribution in [0.4, 0.5) is 27.4 Å². The van der Waals surface area contributed by atoms with E-state index in [2.05, 4.69) is 27.2 Å². The van der Waals surface area contributed by atoms with Gasteiger partial charge in [-0.15, -0.1) is 0 Å². The van der Waals surface area contributed by atoms with Crippen LogP contribution in [0.3, 0.4) is 0 Å². The van der Waals surface area contributed by atoms with Gasteiger partial charge >= 0.3 is 0 Å². The number of ether oxygens (including phenoxy) is 1. The van der Waals surface area contributed by atoms with Crippen molar-refractivity contribution in [3.8, 4) is 11.3 Å². The van der Waals surface area contributed by atoms with Gasteiger partial charge in [-0.2, -0.15) is 0 Å². The van der Waals surface area contributed by atoms with Gasteiger partial charge in [0.25, 0.3) is 0 Å². The van der Waals surface area contributed by atoms with Crippen molar-refractivity contribution in [3.05, 3.63) is 73.2 Å². The normalized spacial score (nSPS) is 13.5. The lowest BCUT2D eigenvalue weighted by atomic mass is 10.1. The van der Waals surface area contributed by atoms with Crippen LogP contribution in [-0.4, -0.2) is 42.2 Å². The maximum Gasteiger partial charge on any atom is 0.247 e. The molecule has 7 nitrogen and oxygen atoms in total. The first-order valence-corrected chi connectivity index (χ1v) is 9.88. The molecule has 2 heterocycles. The Kier molecular flexibility index (Phi) is 6.18. The highest BCUT2D eigenvalue weighted by Crippen LogP contribution is 2.27.